The number of nitrogens with one attached hydrogen (secondary N) is 3. The number of sulfonamides is 1. The zero-order valence-corrected chi connectivity index (χ0v) is 30.6. The van der Waals surface area contributed by atoms with Crippen LogP contribution in [-0.4, -0.2) is 108 Å². The van der Waals surface area contributed by atoms with Gasteiger partial charge in [0, 0.05) is 29.4 Å². The number of carbonyl (C=O) groups excluding carboxylic acids is 3. The summed E-state index contributed by atoms with van der Waals surface area (Å²) in [7, 11) is -4.23. The van der Waals surface area contributed by atoms with Gasteiger partial charge in [-0.15, -0.1) is 0 Å². The van der Waals surface area contributed by atoms with Crippen molar-refractivity contribution in [1.82, 2.24) is 25.2 Å². The molecule has 4 amide bonds. The summed E-state index contributed by atoms with van der Waals surface area (Å²) >= 11 is 0. The quantitative estimate of drug-likeness (QED) is 0.300. The normalized spacial score (nSPS) is 31.5. The van der Waals surface area contributed by atoms with Crippen molar-refractivity contribution in [2.45, 2.75) is 106 Å². The summed E-state index contributed by atoms with van der Waals surface area (Å²) in [5, 5.41) is 16.6. The molecule has 0 spiro atoms. The fourth-order valence-electron chi connectivity index (χ4n) is 7.40. The van der Waals surface area contributed by atoms with Gasteiger partial charge in [0.2, 0.25) is 27.7 Å². The van der Waals surface area contributed by atoms with Gasteiger partial charge in [-0.25, -0.2) is 18.2 Å². The molecular weight excluding hydrogens is 710 g/mol. The maximum Gasteiger partial charge on any atom is 0.405 e. The van der Waals surface area contributed by atoms with Crippen molar-refractivity contribution in [3.8, 4) is 17.4 Å². The first-order valence-electron chi connectivity index (χ1n) is 18.1. The first kappa shape index (κ1) is 36.7. The molecule has 286 valence electrons. The number of carbonyl (C=O) groups is 4. The Morgan fingerprint density at radius 2 is 1.91 bits per heavy atom. The molecule has 2 aromatic rings. The van der Waals surface area contributed by atoms with Crippen molar-refractivity contribution in [2.24, 2.45) is 5.92 Å². The molecule has 2 saturated carbocycles. The monoisotopic (exact) mass is 755 g/mol. The molecule has 5 aliphatic rings. The van der Waals surface area contributed by atoms with E-state index in [0.29, 0.717) is 61.2 Å². The Morgan fingerprint density at radius 3 is 2.64 bits per heavy atom. The second-order valence-electron chi connectivity index (χ2n) is 14.7. The summed E-state index contributed by atoms with van der Waals surface area (Å²) in [5.74, 6) is -1.12. The van der Waals surface area contributed by atoms with Crippen LogP contribution >= 0.6 is 0 Å². The minimum absolute atomic E-state index is 0.0164. The smallest absolute Gasteiger partial charge is 0.405 e. The number of allylic oxidation sites excluding steroid dienone is 1. The average molecular weight is 756 g/mol. The predicted octanol–water partition coefficient (Wildman–Crippen LogP) is 2.40. The molecular formula is C36H45N5O11S. The third kappa shape index (κ3) is 7.07. The third-order valence-electron chi connectivity index (χ3n) is 11.0. The number of benzene rings is 1. The topological polar surface area (TPSA) is 212 Å². The molecule has 0 unspecified atom stereocenters. The lowest BCUT2D eigenvalue weighted by molar-refractivity contribution is -0.169. The number of carboxylic acid groups (broad SMARTS) is 1. The molecule has 2 aliphatic carbocycles. The second-order valence-corrected chi connectivity index (χ2v) is 16.9. The maximum atomic E-state index is 14.9. The van der Waals surface area contributed by atoms with Crippen molar-refractivity contribution in [2.75, 3.05) is 19.8 Å². The van der Waals surface area contributed by atoms with E-state index in [1.54, 1.807) is 31.3 Å². The van der Waals surface area contributed by atoms with Crippen molar-refractivity contribution in [3.63, 3.8) is 0 Å². The van der Waals surface area contributed by atoms with Gasteiger partial charge in [0.25, 0.3) is 5.91 Å². The van der Waals surface area contributed by atoms with E-state index in [1.807, 2.05) is 12.2 Å². The van der Waals surface area contributed by atoms with Crippen molar-refractivity contribution < 1.29 is 51.6 Å². The summed E-state index contributed by atoms with van der Waals surface area (Å²) in [6, 6.07) is 2.08. The van der Waals surface area contributed by atoms with Crippen LogP contribution in [-0.2, 0) is 29.1 Å². The Kier molecular flexibility index (Phi) is 9.68. The number of hydrogen-bond acceptors (Lipinski definition) is 11. The van der Waals surface area contributed by atoms with Crippen LogP contribution in [0.3, 0.4) is 0 Å². The molecule has 16 nitrogen and oxygen atoms in total. The molecule has 7 rings (SSSR count). The van der Waals surface area contributed by atoms with Crippen LogP contribution < -0.4 is 29.6 Å². The number of nitrogens with zero attached hydrogens (tertiary/aromatic N) is 2. The van der Waals surface area contributed by atoms with Crippen LogP contribution in [0.15, 0.2) is 36.5 Å². The van der Waals surface area contributed by atoms with Crippen molar-refractivity contribution >= 4 is 44.6 Å². The molecule has 0 radical (unpaired) electrons. The standard InChI is InChI=1S/C36H45N5O11S/c1-4-36(33(44)40-53(47,48)35(3)12-13-35)29(39-34(45)46)32(43)41-19-22(18-26(41)30(42)38-25-17-21(25)8-6-5-7-20(2)52-36)51-31-24-9-10-27-28(50-16-15-49-27)23(24)11-14-37-31/h6,8-11,14,20-22,25-26,29,39H,4-5,7,12-13,15-19H2,1-3H3,(H,38,42)(H,40,44)(H,45,46)/b8-6-/t20-,21-,22-,25-,26+,29-,36+/m1/s1. The number of ether oxygens (including phenoxy) is 4. The van der Waals surface area contributed by atoms with Gasteiger partial charge in [0.05, 0.1) is 17.4 Å². The summed E-state index contributed by atoms with van der Waals surface area (Å²) < 4.78 is 52.0. The van der Waals surface area contributed by atoms with E-state index in [1.165, 1.54) is 18.7 Å². The summed E-state index contributed by atoms with van der Waals surface area (Å²) in [6.07, 6.45) is 4.40. The van der Waals surface area contributed by atoms with E-state index in [0.717, 1.165) is 6.42 Å². The second kappa shape index (κ2) is 14.0. The zero-order valence-electron chi connectivity index (χ0n) is 29.8. The molecule has 3 fully saturated rings. The molecule has 17 heteroatoms. The van der Waals surface area contributed by atoms with Gasteiger partial charge in [0.1, 0.15) is 31.4 Å². The number of amides is 4. The Labute approximate surface area is 307 Å². The van der Waals surface area contributed by atoms with E-state index in [-0.39, 0.29) is 37.2 Å². The minimum Gasteiger partial charge on any atom is -0.486 e. The SMILES string of the molecule is CC[C@]1(C(=O)NS(=O)(=O)C2(C)CC2)O[C@H](C)CC/C=C\[C@@H]2C[C@H]2NC(=O)[C@@H]2C[C@@H](Oc3nccc4c5c(ccc34)OCCO5)CN2C(=O)[C@H]1NC(=O)O. The maximum absolute atomic E-state index is 14.9. The Balaban J connectivity index is 1.26. The molecule has 4 N–H and O–H groups in total. The number of pyridine rings is 1. The first-order chi connectivity index (χ1) is 25.2. The molecule has 1 saturated heterocycles. The summed E-state index contributed by atoms with van der Waals surface area (Å²) in [4.78, 5) is 61.2. The molecule has 3 aliphatic heterocycles. The Morgan fingerprint density at radius 1 is 1.13 bits per heavy atom. The van der Waals surface area contributed by atoms with E-state index in [9.17, 15) is 32.7 Å². The highest BCUT2D eigenvalue weighted by molar-refractivity contribution is 7.91. The van der Waals surface area contributed by atoms with Crippen LogP contribution in [0.5, 0.6) is 17.4 Å². The lowest BCUT2D eigenvalue weighted by Crippen LogP contribution is -2.69. The Hall–Kier alpha value is -4.64. The molecule has 1 aromatic carbocycles. The fourth-order valence-corrected chi connectivity index (χ4v) is 8.70. The van der Waals surface area contributed by atoms with E-state index in [4.69, 9.17) is 18.9 Å². The lowest BCUT2D eigenvalue weighted by Gasteiger charge is -2.41. The highest BCUT2D eigenvalue weighted by Crippen LogP contribution is 2.43. The van der Waals surface area contributed by atoms with Gasteiger partial charge in [-0.1, -0.05) is 19.1 Å². The van der Waals surface area contributed by atoms with Gasteiger partial charge >= 0.3 is 6.09 Å². The van der Waals surface area contributed by atoms with Gasteiger partial charge in [-0.3, -0.25) is 19.1 Å². The van der Waals surface area contributed by atoms with Crippen LogP contribution in [0.25, 0.3) is 10.8 Å². The third-order valence-corrected chi connectivity index (χ3v) is 13.1. The highest BCUT2D eigenvalue weighted by Gasteiger charge is 2.58. The van der Waals surface area contributed by atoms with Crippen LogP contribution in [0.2, 0.25) is 0 Å². The number of rotatable bonds is 7. The van der Waals surface area contributed by atoms with Gasteiger partial charge in [-0.05, 0) is 76.5 Å². The van der Waals surface area contributed by atoms with Crippen molar-refractivity contribution in [3.05, 3.63) is 36.5 Å². The molecule has 1 aromatic heterocycles. The summed E-state index contributed by atoms with van der Waals surface area (Å²) in [5.41, 5.74) is -2.32. The molecule has 0 bridgehead atoms. The predicted molar refractivity (Wildman–Crippen MR) is 189 cm³/mol. The van der Waals surface area contributed by atoms with E-state index >= 15 is 0 Å². The zero-order chi connectivity index (χ0) is 37.7. The molecule has 53 heavy (non-hydrogen) atoms. The van der Waals surface area contributed by atoms with E-state index < -0.39 is 68.5 Å². The molecule has 4 heterocycles. The van der Waals surface area contributed by atoms with Crippen LogP contribution in [0.1, 0.15) is 65.7 Å². The minimum atomic E-state index is -4.23. The van der Waals surface area contributed by atoms with Gasteiger partial charge < -0.3 is 39.6 Å². The molecule has 7 atom stereocenters. The van der Waals surface area contributed by atoms with Crippen molar-refractivity contribution in [1.29, 1.82) is 0 Å². The number of fused-ring (bicyclic) bond motifs is 5. The highest BCUT2D eigenvalue weighted by atomic mass is 32.2. The summed E-state index contributed by atoms with van der Waals surface area (Å²) in [6.45, 7) is 5.31. The lowest BCUT2D eigenvalue weighted by atomic mass is 9.88. The Bertz CT molecular complexity index is 1950. The van der Waals surface area contributed by atoms with E-state index in [2.05, 4.69) is 20.3 Å². The average Bonchev–Trinajstić information content (AvgIpc) is 4.02. The first-order valence-corrected chi connectivity index (χ1v) is 19.6. The fraction of sp³-hybridized carbons (Fsp3) is 0.583. The van der Waals surface area contributed by atoms with Crippen LogP contribution in [0, 0.1) is 5.92 Å². The number of hydrogen-bond donors (Lipinski definition) is 4. The van der Waals surface area contributed by atoms with Gasteiger partial charge in [0.15, 0.2) is 17.1 Å². The number of aromatic nitrogens is 1. The van der Waals surface area contributed by atoms with Gasteiger partial charge in [-0.2, -0.15) is 0 Å². The van der Waals surface area contributed by atoms with Crippen LogP contribution in [0.4, 0.5) is 4.79 Å². The largest absolute Gasteiger partial charge is 0.486 e.